The molecule has 0 fully saturated rings. The maximum atomic E-state index is 12.1. The second kappa shape index (κ2) is 6.94. The van der Waals surface area contributed by atoms with Crippen molar-refractivity contribution in [2.24, 2.45) is 0 Å². The highest BCUT2D eigenvalue weighted by Crippen LogP contribution is 2.30. The summed E-state index contributed by atoms with van der Waals surface area (Å²) >= 11 is 6.15. The van der Waals surface area contributed by atoms with Gasteiger partial charge in [0.05, 0.1) is 28.8 Å². The number of aliphatic hydroxyl groups excluding tert-OH is 1. The summed E-state index contributed by atoms with van der Waals surface area (Å²) in [5.74, 6) is -0.415. The molecule has 2 aromatic rings. The SMILES string of the molecule is CCOC(=O)c1c[nH+]c2c(C)c(Cl)ccc2c1NC[C@H](C)O. The number of halogens is 1. The summed E-state index contributed by atoms with van der Waals surface area (Å²) in [7, 11) is 0. The number of nitrogens with one attached hydrogen (secondary N) is 2. The summed E-state index contributed by atoms with van der Waals surface area (Å²) in [6.07, 6.45) is 1.07. The summed E-state index contributed by atoms with van der Waals surface area (Å²) in [5, 5.41) is 14.1. The molecule has 1 aromatic heterocycles. The lowest BCUT2D eigenvalue weighted by Gasteiger charge is -2.13. The molecule has 1 heterocycles. The monoisotopic (exact) mass is 323 g/mol. The minimum Gasteiger partial charge on any atom is -0.462 e. The fourth-order valence-corrected chi connectivity index (χ4v) is 2.41. The van der Waals surface area contributed by atoms with Crippen molar-refractivity contribution in [1.29, 1.82) is 0 Å². The van der Waals surface area contributed by atoms with Crippen LogP contribution < -0.4 is 10.3 Å². The molecule has 0 bridgehead atoms. The van der Waals surface area contributed by atoms with Crippen molar-refractivity contribution in [2.75, 3.05) is 18.5 Å². The van der Waals surface area contributed by atoms with Crippen LogP contribution in [0.1, 0.15) is 29.8 Å². The van der Waals surface area contributed by atoms with Gasteiger partial charge in [-0.15, -0.1) is 0 Å². The molecule has 0 saturated heterocycles. The van der Waals surface area contributed by atoms with Crippen LogP contribution >= 0.6 is 11.6 Å². The molecule has 0 saturated carbocycles. The van der Waals surface area contributed by atoms with Gasteiger partial charge in [0.15, 0.2) is 6.20 Å². The Labute approximate surface area is 134 Å². The summed E-state index contributed by atoms with van der Waals surface area (Å²) in [5.41, 5.74) is 2.77. The van der Waals surface area contributed by atoms with E-state index in [-0.39, 0.29) is 0 Å². The Kier molecular flexibility index (Phi) is 5.21. The highest BCUT2D eigenvalue weighted by Gasteiger charge is 2.22. The number of carbonyl (C=O) groups excluding carboxylic acids is 1. The van der Waals surface area contributed by atoms with E-state index >= 15 is 0 Å². The van der Waals surface area contributed by atoms with Gasteiger partial charge in [-0.05, 0) is 32.9 Å². The summed E-state index contributed by atoms with van der Waals surface area (Å²) in [6, 6.07) is 3.63. The van der Waals surface area contributed by atoms with E-state index < -0.39 is 12.1 Å². The minimum atomic E-state index is -0.539. The molecule has 1 atom stereocenters. The first-order valence-electron chi connectivity index (χ1n) is 7.18. The van der Waals surface area contributed by atoms with Crippen molar-refractivity contribution >= 4 is 34.2 Å². The number of aromatic nitrogens is 1. The molecule has 0 radical (unpaired) electrons. The molecule has 0 amide bonds. The fourth-order valence-electron chi connectivity index (χ4n) is 2.25. The minimum absolute atomic E-state index is 0.298. The number of rotatable bonds is 5. The number of aryl methyl sites for hydroxylation is 1. The second-order valence-electron chi connectivity index (χ2n) is 5.12. The van der Waals surface area contributed by atoms with Gasteiger partial charge < -0.3 is 15.2 Å². The molecular weight excluding hydrogens is 304 g/mol. The molecule has 118 valence electrons. The zero-order chi connectivity index (χ0) is 16.3. The van der Waals surface area contributed by atoms with Crippen LogP contribution in [0.4, 0.5) is 5.69 Å². The Hall–Kier alpha value is -1.85. The zero-order valence-electron chi connectivity index (χ0n) is 12.9. The molecule has 22 heavy (non-hydrogen) atoms. The van der Waals surface area contributed by atoms with Crippen LogP contribution in [-0.4, -0.2) is 30.3 Å². The lowest BCUT2D eigenvalue weighted by Crippen LogP contribution is -2.21. The Bertz CT molecular complexity index is 701. The lowest BCUT2D eigenvalue weighted by molar-refractivity contribution is -0.345. The third kappa shape index (κ3) is 3.31. The zero-order valence-corrected chi connectivity index (χ0v) is 13.6. The van der Waals surface area contributed by atoms with E-state index in [4.69, 9.17) is 16.3 Å². The largest absolute Gasteiger partial charge is 0.462 e. The second-order valence-corrected chi connectivity index (χ2v) is 5.53. The van der Waals surface area contributed by atoms with Gasteiger partial charge in [0.25, 0.3) is 0 Å². The number of hydrogen-bond acceptors (Lipinski definition) is 4. The third-order valence-corrected chi connectivity index (χ3v) is 3.78. The number of pyridine rings is 1. The molecule has 5 nitrogen and oxygen atoms in total. The predicted octanol–water partition coefficient (Wildman–Crippen LogP) is 2.59. The summed E-state index contributed by atoms with van der Waals surface area (Å²) in [6.45, 7) is 5.97. The van der Waals surface area contributed by atoms with E-state index in [1.807, 2.05) is 13.0 Å². The number of aromatic amines is 1. The van der Waals surface area contributed by atoms with E-state index in [1.54, 1.807) is 26.1 Å². The molecule has 0 unspecified atom stereocenters. The van der Waals surface area contributed by atoms with Crippen molar-refractivity contribution in [1.82, 2.24) is 0 Å². The number of esters is 1. The van der Waals surface area contributed by atoms with Gasteiger partial charge in [-0.25, -0.2) is 9.78 Å². The number of anilines is 1. The molecule has 0 aliphatic carbocycles. The molecule has 6 heteroatoms. The number of carbonyl (C=O) groups is 1. The Morgan fingerprint density at radius 3 is 2.86 bits per heavy atom. The molecule has 0 aliphatic heterocycles. The van der Waals surface area contributed by atoms with Crippen molar-refractivity contribution in [3.05, 3.63) is 34.5 Å². The number of hydrogen-bond donors (Lipinski definition) is 2. The first-order chi connectivity index (χ1) is 10.5. The normalized spacial score (nSPS) is 12.2. The number of H-pyrrole nitrogens is 1. The lowest BCUT2D eigenvalue weighted by atomic mass is 10.1. The van der Waals surface area contributed by atoms with E-state index in [9.17, 15) is 9.90 Å². The number of ether oxygens (including phenoxy) is 1. The molecule has 0 aliphatic rings. The number of aliphatic hydroxyl groups is 1. The number of benzene rings is 1. The highest BCUT2D eigenvalue weighted by atomic mass is 35.5. The highest BCUT2D eigenvalue weighted by molar-refractivity contribution is 6.32. The van der Waals surface area contributed by atoms with Crippen LogP contribution in [0, 0.1) is 6.92 Å². The standard InChI is InChI=1S/C16H19ClN2O3/c1-4-22-16(21)12-8-19-14-10(3)13(17)6-5-11(14)15(12)18-7-9(2)20/h5-6,8-9,20H,4,7H2,1-3H3,(H,18,19)/p+1/t9-/m0/s1. The van der Waals surface area contributed by atoms with E-state index in [0.29, 0.717) is 29.4 Å². The molecule has 3 N–H and O–H groups in total. The van der Waals surface area contributed by atoms with E-state index in [0.717, 1.165) is 16.5 Å². The summed E-state index contributed by atoms with van der Waals surface area (Å²) in [4.78, 5) is 15.2. The summed E-state index contributed by atoms with van der Waals surface area (Å²) < 4.78 is 5.09. The predicted molar refractivity (Wildman–Crippen MR) is 86.4 cm³/mol. The van der Waals surface area contributed by atoms with Crippen molar-refractivity contribution in [2.45, 2.75) is 26.9 Å². The quantitative estimate of drug-likeness (QED) is 0.830. The van der Waals surface area contributed by atoms with Gasteiger partial charge in [-0.3, -0.25) is 0 Å². The molecular formula is C16H20ClN2O3+. The molecule has 2 rings (SSSR count). The maximum absolute atomic E-state index is 12.1. The first kappa shape index (κ1) is 16.5. The van der Waals surface area contributed by atoms with E-state index in [1.165, 1.54) is 0 Å². The number of fused-ring (bicyclic) bond motifs is 1. The van der Waals surface area contributed by atoms with Crippen molar-refractivity contribution in [3.8, 4) is 0 Å². The van der Waals surface area contributed by atoms with Gasteiger partial charge in [-0.2, -0.15) is 0 Å². The first-order valence-corrected chi connectivity index (χ1v) is 7.56. The van der Waals surface area contributed by atoms with Crippen LogP contribution in [0.25, 0.3) is 10.9 Å². The van der Waals surface area contributed by atoms with Crippen molar-refractivity contribution < 1.29 is 19.6 Å². The van der Waals surface area contributed by atoms with Crippen LogP contribution in [0.15, 0.2) is 18.3 Å². The van der Waals surface area contributed by atoms with Crippen LogP contribution in [0.5, 0.6) is 0 Å². The Balaban J connectivity index is 2.61. The van der Waals surface area contributed by atoms with Crippen LogP contribution in [-0.2, 0) is 4.74 Å². The third-order valence-electron chi connectivity index (χ3n) is 3.37. The Morgan fingerprint density at radius 1 is 1.50 bits per heavy atom. The van der Waals surface area contributed by atoms with E-state index in [2.05, 4.69) is 10.3 Å². The smallest absolute Gasteiger partial charge is 0.346 e. The van der Waals surface area contributed by atoms with Gasteiger partial charge in [0.1, 0.15) is 5.56 Å². The topological polar surface area (TPSA) is 72.7 Å². The van der Waals surface area contributed by atoms with Crippen LogP contribution in [0.3, 0.4) is 0 Å². The maximum Gasteiger partial charge on any atom is 0.346 e. The van der Waals surface area contributed by atoms with Gasteiger partial charge in [0.2, 0.25) is 5.52 Å². The average molecular weight is 324 g/mol. The molecule has 0 spiro atoms. The van der Waals surface area contributed by atoms with Crippen molar-refractivity contribution in [3.63, 3.8) is 0 Å². The van der Waals surface area contributed by atoms with Crippen LogP contribution in [0.2, 0.25) is 5.02 Å². The van der Waals surface area contributed by atoms with Gasteiger partial charge in [0, 0.05) is 12.1 Å². The fraction of sp³-hybridized carbons (Fsp3) is 0.375. The Morgan fingerprint density at radius 2 is 2.23 bits per heavy atom. The average Bonchev–Trinajstić information content (AvgIpc) is 2.48. The van der Waals surface area contributed by atoms with Gasteiger partial charge >= 0.3 is 5.97 Å². The van der Waals surface area contributed by atoms with Gasteiger partial charge in [-0.1, -0.05) is 11.6 Å². The molecule has 1 aromatic carbocycles.